The molecule has 0 radical (unpaired) electrons. The van der Waals surface area contributed by atoms with Gasteiger partial charge >= 0.3 is 18.9 Å². The number of rotatable bonds is 9. The van der Waals surface area contributed by atoms with Gasteiger partial charge in [-0.3, -0.25) is 0 Å². The maximum atomic E-state index is 11.3. The summed E-state index contributed by atoms with van der Waals surface area (Å²) in [6.45, 7) is 3.62. The van der Waals surface area contributed by atoms with Crippen LogP contribution in [-0.4, -0.2) is 71.1 Å². The fourth-order valence-corrected chi connectivity index (χ4v) is 4.32. The second kappa shape index (κ2) is 13.0. The largest absolute Gasteiger partial charge is 1.00 e. The van der Waals surface area contributed by atoms with Crippen LogP contribution in [0.15, 0.2) is 24.3 Å². The number of hydrogen-bond donors (Lipinski definition) is 2. The third kappa shape index (κ3) is 17.6. The molecule has 0 heterocycles. The van der Waals surface area contributed by atoms with E-state index >= 15 is 0 Å². The molecule has 0 aliphatic heterocycles. The number of aryl methyl sites for hydroxylation is 2. The number of sulfone groups is 1. The van der Waals surface area contributed by atoms with Gasteiger partial charge in [0.25, 0.3) is 0 Å². The zero-order valence-electron chi connectivity index (χ0n) is 16.5. The van der Waals surface area contributed by atoms with Crippen LogP contribution in [0.1, 0.15) is 17.5 Å². The summed E-state index contributed by atoms with van der Waals surface area (Å²) >= 11 is 0. The van der Waals surface area contributed by atoms with Gasteiger partial charge in [0.1, 0.15) is 9.84 Å². The normalized spacial score (nSPS) is 13.0. The van der Waals surface area contributed by atoms with Crippen molar-refractivity contribution in [3.8, 4) is 0 Å². The van der Waals surface area contributed by atoms with Crippen molar-refractivity contribution < 1.29 is 53.8 Å². The van der Waals surface area contributed by atoms with Gasteiger partial charge in [-0.05, 0) is 31.4 Å². The van der Waals surface area contributed by atoms with Crippen molar-refractivity contribution in [2.24, 2.45) is 0 Å². The predicted molar refractivity (Wildman–Crippen MR) is 103 cm³/mol. The zero-order chi connectivity index (χ0) is 21.3. The SMILES string of the molecule is CS(=O)(=O)CCCS(=O)(=O)NCC(O)CS(=O)(=O)[O-].Cc1ccccc1C.[Li+]. The number of nitrogens with one attached hydrogen (secondary N) is 1. The van der Waals surface area contributed by atoms with Crippen molar-refractivity contribution in [2.45, 2.75) is 26.4 Å². The Morgan fingerprint density at radius 2 is 1.46 bits per heavy atom. The van der Waals surface area contributed by atoms with E-state index in [-0.39, 0.29) is 31.0 Å². The molecular formula is C15H26LiNO8S3. The Bertz CT molecular complexity index is 878. The van der Waals surface area contributed by atoms with E-state index in [1.54, 1.807) is 0 Å². The van der Waals surface area contributed by atoms with E-state index < -0.39 is 54.1 Å². The van der Waals surface area contributed by atoms with Crippen LogP contribution in [0.2, 0.25) is 0 Å². The Hall–Kier alpha value is -0.453. The Balaban J connectivity index is 0. The van der Waals surface area contributed by atoms with Crippen LogP contribution in [0.25, 0.3) is 0 Å². The molecule has 158 valence electrons. The predicted octanol–water partition coefficient (Wildman–Crippen LogP) is -3.45. The van der Waals surface area contributed by atoms with E-state index in [1.165, 1.54) is 11.1 Å². The van der Waals surface area contributed by atoms with Gasteiger partial charge in [0.2, 0.25) is 10.0 Å². The van der Waals surface area contributed by atoms with Crippen molar-refractivity contribution in [3.05, 3.63) is 35.4 Å². The summed E-state index contributed by atoms with van der Waals surface area (Å²) in [5, 5.41) is 9.10. The van der Waals surface area contributed by atoms with Crippen LogP contribution in [0.5, 0.6) is 0 Å². The summed E-state index contributed by atoms with van der Waals surface area (Å²) < 4.78 is 77.0. The molecule has 0 fully saturated rings. The van der Waals surface area contributed by atoms with E-state index in [2.05, 4.69) is 38.1 Å². The van der Waals surface area contributed by atoms with Gasteiger partial charge in [0.15, 0.2) is 0 Å². The minimum atomic E-state index is -4.64. The minimum Gasteiger partial charge on any atom is -0.748 e. The molecule has 0 saturated heterocycles. The van der Waals surface area contributed by atoms with Gasteiger partial charge in [0.05, 0.1) is 33.5 Å². The molecule has 28 heavy (non-hydrogen) atoms. The van der Waals surface area contributed by atoms with E-state index in [9.17, 15) is 29.8 Å². The molecule has 1 rings (SSSR count). The van der Waals surface area contributed by atoms with Gasteiger partial charge in [-0.1, -0.05) is 24.3 Å². The summed E-state index contributed by atoms with van der Waals surface area (Å²) in [4.78, 5) is 0. The summed E-state index contributed by atoms with van der Waals surface area (Å²) in [5.74, 6) is -1.87. The topological polar surface area (TPSA) is 158 Å². The Morgan fingerprint density at radius 3 is 1.82 bits per heavy atom. The molecule has 0 bridgehead atoms. The molecule has 0 aliphatic carbocycles. The smallest absolute Gasteiger partial charge is 0.748 e. The molecule has 0 spiro atoms. The van der Waals surface area contributed by atoms with Gasteiger partial charge in [-0.2, -0.15) is 0 Å². The first-order chi connectivity index (χ1) is 12.1. The van der Waals surface area contributed by atoms with E-state index in [4.69, 9.17) is 5.11 Å². The summed E-state index contributed by atoms with van der Waals surface area (Å²) in [5.41, 5.74) is 2.74. The second-order valence-electron chi connectivity index (χ2n) is 6.11. The van der Waals surface area contributed by atoms with Crippen molar-refractivity contribution in [2.75, 3.05) is 30.1 Å². The quantitative estimate of drug-likeness (QED) is 0.290. The van der Waals surface area contributed by atoms with Crippen LogP contribution in [0, 0.1) is 13.8 Å². The maximum Gasteiger partial charge on any atom is 1.00 e. The zero-order valence-corrected chi connectivity index (χ0v) is 18.9. The summed E-state index contributed by atoms with van der Waals surface area (Å²) in [7, 11) is -11.7. The van der Waals surface area contributed by atoms with E-state index in [1.807, 2.05) is 4.72 Å². The number of hydrogen-bond acceptors (Lipinski definition) is 8. The average molecular weight is 452 g/mol. The van der Waals surface area contributed by atoms with Crippen LogP contribution >= 0.6 is 0 Å². The van der Waals surface area contributed by atoms with Crippen molar-refractivity contribution >= 4 is 30.0 Å². The number of aliphatic hydroxyl groups is 1. The molecule has 1 atom stereocenters. The Labute approximate surface area is 179 Å². The van der Waals surface area contributed by atoms with Gasteiger partial charge < -0.3 is 9.66 Å². The molecule has 0 amide bonds. The molecule has 13 heteroatoms. The minimum absolute atomic E-state index is 0. The first kappa shape index (κ1) is 29.7. The maximum absolute atomic E-state index is 11.3. The van der Waals surface area contributed by atoms with Gasteiger partial charge in [0, 0.05) is 12.8 Å². The monoisotopic (exact) mass is 451 g/mol. The molecule has 2 N–H and O–H groups in total. The van der Waals surface area contributed by atoms with Crippen molar-refractivity contribution in [1.29, 1.82) is 0 Å². The number of aliphatic hydroxyl groups excluding tert-OH is 1. The second-order valence-corrected chi connectivity index (χ2v) is 11.7. The summed E-state index contributed by atoms with van der Waals surface area (Å²) in [6, 6.07) is 8.36. The Kier molecular flexibility index (Phi) is 13.8. The fourth-order valence-electron chi connectivity index (χ4n) is 1.76. The molecule has 9 nitrogen and oxygen atoms in total. The molecule has 0 aliphatic rings. The van der Waals surface area contributed by atoms with Gasteiger partial charge in [-0.15, -0.1) is 0 Å². The molecule has 0 aromatic heterocycles. The molecule has 1 unspecified atom stereocenters. The van der Waals surface area contributed by atoms with Crippen LogP contribution in [-0.2, 0) is 30.0 Å². The molecule has 1 aromatic rings. The average Bonchev–Trinajstić information content (AvgIpc) is 2.46. The fraction of sp³-hybridized carbons (Fsp3) is 0.600. The number of sulfonamides is 1. The van der Waals surface area contributed by atoms with E-state index in [0.717, 1.165) is 6.26 Å². The number of benzene rings is 1. The molecular weight excluding hydrogens is 425 g/mol. The Morgan fingerprint density at radius 1 is 1.00 bits per heavy atom. The first-order valence-electron chi connectivity index (χ1n) is 7.90. The third-order valence-electron chi connectivity index (χ3n) is 3.29. The van der Waals surface area contributed by atoms with Crippen LogP contribution in [0.3, 0.4) is 0 Å². The third-order valence-corrected chi connectivity index (χ3v) is 6.55. The van der Waals surface area contributed by atoms with Crippen LogP contribution < -0.4 is 23.6 Å². The molecule has 1 aromatic carbocycles. The summed E-state index contributed by atoms with van der Waals surface area (Å²) in [6.07, 6.45) is -0.799. The van der Waals surface area contributed by atoms with Crippen molar-refractivity contribution in [3.63, 3.8) is 0 Å². The molecule has 0 saturated carbocycles. The standard InChI is InChI=1S/C8H10.C7H17NO8S3.Li/c1-7-5-3-4-6-8(7)2;1-17(10,11)3-2-4-18(12,13)8-5-7(9)6-19(14,15)16;/h3-6H,1-2H3;7-9H,2-6H2,1H3,(H,14,15,16);/q;;+1/p-1. The van der Waals surface area contributed by atoms with E-state index in [0.29, 0.717) is 0 Å². The van der Waals surface area contributed by atoms with Crippen LogP contribution in [0.4, 0.5) is 0 Å². The van der Waals surface area contributed by atoms with Crippen molar-refractivity contribution in [1.82, 2.24) is 4.72 Å². The van der Waals surface area contributed by atoms with Gasteiger partial charge in [-0.25, -0.2) is 30.0 Å². The first-order valence-corrected chi connectivity index (χ1v) is 13.2.